The van der Waals surface area contributed by atoms with Crippen LogP contribution in [0.2, 0.25) is 5.02 Å². The van der Waals surface area contributed by atoms with Crippen LogP contribution in [0, 0.1) is 6.92 Å². The molecule has 20 heavy (non-hydrogen) atoms. The Morgan fingerprint density at radius 3 is 2.05 bits per heavy atom. The van der Waals surface area contributed by atoms with Crippen molar-refractivity contribution >= 4 is 23.0 Å². The number of halogens is 1. The fourth-order valence-corrected chi connectivity index (χ4v) is 1.91. The Hall–Kier alpha value is -1.87. The molecular weight excluding hydrogens is 272 g/mol. The molecule has 0 aromatic heterocycles. The van der Waals surface area contributed by atoms with Crippen LogP contribution < -0.4 is 15.4 Å². The molecule has 0 unspecified atom stereocenters. The minimum Gasteiger partial charge on any atom is -0.497 e. The SMILES string of the molecule is CNc1ccc(C)cc1Cl.CNc1ccc(OC)cc1. The van der Waals surface area contributed by atoms with Gasteiger partial charge in [-0.25, -0.2) is 0 Å². The van der Waals surface area contributed by atoms with Crippen molar-refractivity contribution < 1.29 is 4.74 Å². The summed E-state index contributed by atoms with van der Waals surface area (Å²) in [6.45, 7) is 2.02. The Morgan fingerprint density at radius 2 is 1.60 bits per heavy atom. The lowest BCUT2D eigenvalue weighted by atomic mass is 10.2. The van der Waals surface area contributed by atoms with Gasteiger partial charge in [0.2, 0.25) is 0 Å². The molecule has 2 N–H and O–H groups in total. The fraction of sp³-hybridized carbons (Fsp3) is 0.250. The van der Waals surface area contributed by atoms with Gasteiger partial charge in [0.05, 0.1) is 17.8 Å². The van der Waals surface area contributed by atoms with E-state index < -0.39 is 0 Å². The zero-order chi connectivity index (χ0) is 15.0. The predicted octanol–water partition coefficient (Wildman–Crippen LogP) is 4.43. The molecule has 2 rings (SSSR count). The number of aryl methyl sites for hydroxylation is 1. The lowest BCUT2D eigenvalue weighted by Crippen LogP contribution is -1.88. The molecule has 0 bridgehead atoms. The Kier molecular flexibility index (Phi) is 6.74. The van der Waals surface area contributed by atoms with E-state index in [0.29, 0.717) is 0 Å². The summed E-state index contributed by atoms with van der Waals surface area (Å²) in [5.41, 5.74) is 3.26. The monoisotopic (exact) mass is 292 g/mol. The van der Waals surface area contributed by atoms with Gasteiger partial charge in [-0.1, -0.05) is 17.7 Å². The molecule has 2 aromatic carbocycles. The quantitative estimate of drug-likeness (QED) is 0.878. The summed E-state index contributed by atoms with van der Waals surface area (Å²) < 4.78 is 4.99. The van der Waals surface area contributed by atoms with E-state index in [2.05, 4.69) is 10.6 Å². The number of anilines is 2. The molecule has 4 heteroatoms. The third-order valence-electron chi connectivity index (χ3n) is 2.77. The van der Waals surface area contributed by atoms with Crippen molar-refractivity contribution in [3.05, 3.63) is 53.1 Å². The second kappa shape index (κ2) is 8.33. The van der Waals surface area contributed by atoms with E-state index in [9.17, 15) is 0 Å². The first kappa shape index (κ1) is 16.2. The van der Waals surface area contributed by atoms with Crippen molar-refractivity contribution in [2.45, 2.75) is 6.92 Å². The first-order valence-corrected chi connectivity index (χ1v) is 6.74. The Bertz CT molecular complexity index is 504. The second-order valence-electron chi connectivity index (χ2n) is 4.21. The number of hydrogen-bond donors (Lipinski definition) is 2. The predicted molar refractivity (Wildman–Crippen MR) is 88.3 cm³/mol. The molecule has 108 valence electrons. The molecule has 0 saturated carbocycles. The van der Waals surface area contributed by atoms with Crippen LogP contribution in [0.3, 0.4) is 0 Å². The van der Waals surface area contributed by atoms with Crippen LogP contribution in [0.1, 0.15) is 5.56 Å². The van der Waals surface area contributed by atoms with Crippen LogP contribution in [0.15, 0.2) is 42.5 Å². The summed E-state index contributed by atoms with van der Waals surface area (Å²) >= 11 is 5.87. The zero-order valence-electron chi connectivity index (χ0n) is 12.3. The minimum atomic E-state index is 0.780. The van der Waals surface area contributed by atoms with Gasteiger partial charge in [-0.15, -0.1) is 0 Å². The van der Waals surface area contributed by atoms with Crippen molar-refractivity contribution in [3.63, 3.8) is 0 Å². The normalized spacial score (nSPS) is 9.25. The number of hydrogen-bond acceptors (Lipinski definition) is 3. The van der Waals surface area contributed by atoms with Crippen molar-refractivity contribution in [3.8, 4) is 5.75 Å². The highest BCUT2D eigenvalue weighted by Gasteiger charge is 1.95. The molecule has 0 aliphatic rings. The van der Waals surface area contributed by atoms with E-state index in [4.69, 9.17) is 16.3 Å². The van der Waals surface area contributed by atoms with Gasteiger partial charge in [0.1, 0.15) is 5.75 Å². The van der Waals surface area contributed by atoms with Gasteiger partial charge in [-0.3, -0.25) is 0 Å². The number of rotatable bonds is 3. The Morgan fingerprint density at radius 1 is 0.950 bits per heavy atom. The largest absolute Gasteiger partial charge is 0.497 e. The smallest absolute Gasteiger partial charge is 0.119 e. The van der Waals surface area contributed by atoms with Gasteiger partial charge in [0.15, 0.2) is 0 Å². The summed E-state index contributed by atoms with van der Waals surface area (Å²) in [6.07, 6.45) is 0. The van der Waals surface area contributed by atoms with Crippen LogP contribution >= 0.6 is 11.6 Å². The summed E-state index contributed by atoms with van der Waals surface area (Å²) in [5, 5.41) is 6.79. The molecule has 3 nitrogen and oxygen atoms in total. The highest BCUT2D eigenvalue weighted by atomic mass is 35.5. The van der Waals surface area contributed by atoms with Gasteiger partial charge in [-0.05, 0) is 48.9 Å². The maximum Gasteiger partial charge on any atom is 0.119 e. The Balaban J connectivity index is 0.000000200. The summed E-state index contributed by atoms with van der Waals surface area (Å²) in [4.78, 5) is 0. The van der Waals surface area contributed by atoms with Crippen LogP contribution in [0.25, 0.3) is 0 Å². The minimum absolute atomic E-state index is 0.780. The van der Waals surface area contributed by atoms with E-state index in [1.807, 2.05) is 63.5 Å². The van der Waals surface area contributed by atoms with Gasteiger partial charge in [-0.2, -0.15) is 0 Å². The second-order valence-corrected chi connectivity index (χ2v) is 4.62. The molecule has 0 radical (unpaired) electrons. The molecule has 0 amide bonds. The number of benzene rings is 2. The van der Waals surface area contributed by atoms with E-state index in [1.54, 1.807) is 7.11 Å². The summed E-state index contributed by atoms with van der Waals surface area (Å²) in [7, 11) is 5.41. The van der Waals surface area contributed by atoms with Gasteiger partial charge in [0.25, 0.3) is 0 Å². The topological polar surface area (TPSA) is 33.3 Å². The summed E-state index contributed by atoms with van der Waals surface area (Å²) in [5.74, 6) is 0.888. The van der Waals surface area contributed by atoms with E-state index >= 15 is 0 Å². The maximum absolute atomic E-state index is 5.87. The van der Waals surface area contributed by atoms with Gasteiger partial charge in [0, 0.05) is 19.8 Å². The van der Waals surface area contributed by atoms with E-state index in [0.717, 1.165) is 22.1 Å². The highest BCUT2D eigenvalue weighted by Crippen LogP contribution is 2.21. The lowest BCUT2D eigenvalue weighted by molar-refractivity contribution is 0.415. The highest BCUT2D eigenvalue weighted by molar-refractivity contribution is 6.33. The molecule has 0 aliphatic carbocycles. The van der Waals surface area contributed by atoms with Crippen LogP contribution in [-0.4, -0.2) is 21.2 Å². The molecule has 0 atom stereocenters. The van der Waals surface area contributed by atoms with E-state index in [-0.39, 0.29) is 0 Å². The Labute approximate surface area is 125 Å². The first-order chi connectivity index (χ1) is 9.60. The average molecular weight is 293 g/mol. The van der Waals surface area contributed by atoms with Crippen molar-refractivity contribution in [2.24, 2.45) is 0 Å². The third kappa shape index (κ3) is 5.02. The molecule has 0 heterocycles. The van der Waals surface area contributed by atoms with Crippen LogP contribution in [0.4, 0.5) is 11.4 Å². The molecule has 0 aliphatic heterocycles. The standard InChI is InChI=1S/C8H10ClN.C8H11NO/c1-6-3-4-8(10-2)7(9)5-6;1-9-7-3-5-8(10-2)6-4-7/h3-5,10H,1-2H3;3-6,9H,1-2H3. The van der Waals surface area contributed by atoms with Crippen LogP contribution in [-0.2, 0) is 0 Å². The third-order valence-corrected chi connectivity index (χ3v) is 3.09. The van der Waals surface area contributed by atoms with Crippen molar-refractivity contribution in [1.82, 2.24) is 0 Å². The number of methoxy groups -OCH3 is 1. The zero-order valence-corrected chi connectivity index (χ0v) is 13.1. The molecule has 0 spiro atoms. The van der Waals surface area contributed by atoms with Gasteiger partial charge < -0.3 is 15.4 Å². The molecule has 2 aromatic rings. The molecule has 0 fully saturated rings. The molecular formula is C16H21ClN2O. The number of nitrogens with one attached hydrogen (secondary N) is 2. The maximum atomic E-state index is 5.87. The van der Waals surface area contributed by atoms with Crippen molar-refractivity contribution in [1.29, 1.82) is 0 Å². The lowest BCUT2D eigenvalue weighted by Gasteiger charge is -2.02. The van der Waals surface area contributed by atoms with Gasteiger partial charge >= 0.3 is 0 Å². The van der Waals surface area contributed by atoms with Crippen molar-refractivity contribution in [2.75, 3.05) is 31.8 Å². The summed E-state index contributed by atoms with van der Waals surface area (Å²) in [6, 6.07) is 13.7. The van der Waals surface area contributed by atoms with E-state index in [1.165, 1.54) is 5.56 Å². The average Bonchev–Trinajstić information content (AvgIpc) is 2.48. The molecule has 0 saturated heterocycles. The van der Waals surface area contributed by atoms with Crippen LogP contribution in [0.5, 0.6) is 5.75 Å². The fourth-order valence-electron chi connectivity index (χ4n) is 1.58. The number of ether oxygens (including phenoxy) is 1. The first-order valence-electron chi connectivity index (χ1n) is 6.36.